The van der Waals surface area contributed by atoms with Gasteiger partial charge >= 0.3 is 0 Å². The second-order valence-electron chi connectivity index (χ2n) is 9.98. The summed E-state index contributed by atoms with van der Waals surface area (Å²) in [5.41, 5.74) is 2.49. The molecule has 1 saturated heterocycles. The average Bonchev–Trinajstić information content (AvgIpc) is 2.88. The predicted molar refractivity (Wildman–Crippen MR) is 144 cm³/mol. The molecule has 3 rings (SSSR count). The molecule has 2 aromatic rings. The first-order valence-electron chi connectivity index (χ1n) is 13.4. The van der Waals surface area contributed by atoms with Crippen LogP contribution in [0.1, 0.15) is 43.9 Å². The number of rotatable bonds is 13. The third kappa shape index (κ3) is 8.56. The van der Waals surface area contributed by atoms with Crippen molar-refractivity contribution in [3.05, 3.63) is 70.8 Å². The highest BCUT2D eigenvalue weighted by molar-refractivity contribution is 5.96. The van der Waals surface area contributed by atoms with Gasteiger partial charge in [-0.05, 0) is 55.0 Å². The van der Waals surface area contributed by atoms with Crippen molar-refractivity contribution < 1.29 is 28.3 Å². The van der Waals surface area contributed by atoms with Gasteiger partial charge in [-0.15, -0.1) is 0 Å². The van der Waals surface area contributed by atoms with Crippen LogP contribution in [-0.4, -0.2) is 77.0 Å². The summed E-state index contributed by atoms with van der Waals surface area (Å²) in [6, 6.07) is 9.49. The highest BCUT2D eigenvalue weighted by Crippen LogP contribution is 2.15. The van der Waals surface area contributed by atoms with Gasteiger partial charge in [0.1, 0.15) is 30.8 Å². The third-order valence-corrected chi connectivity index (χ3v) is 6.85. The zero-order valence-electron chi connectivity index (χ0n) is 22.8. The average molecular weight is 545 g/mol. The SMILES string of the molecule is CCCN1C(=O)CN(CC(=O)N[C@@H](Cc2cc(F)cc(F)c2)[C@H](O)CNCc2cccc(CC)c2)C(=O)[C@H]1C. The van der Waals surface area contributed by atoms with Crippen molar-refractivity contribution in [2.75, 3.05) is 26.2 Å². The number of hydrogen-bond donors (Lipinski definition) is 3. The number of nitrogens with zero attached hydrogens (tertiary/aromatic N) is 2. The molecule has 8 nitrogen and oxygen atoms in total. The van der Waals surface area contributed by atoms with E-state index in [1.165, 1.54) is 15.4 Å². The van der Waals surface area contributed by atoms with E-state index < -0.39 is 35.7 Å². The first-order chi connectivity index (χ1) is 18.6. The summed E-state index contributed by atoms with van der Waals surface area (Å²) in [4.78, 5) is 41.0. The van der Waals surface area contributed by atoms with E-state index in [-0.39, 0.29) is 43.4 Å². The fraction of sp³-hybridized carbons (Fsp3) is 0.483. The fourth-order valence-corrected chi connectivity index (χ4v) is 4.80. The quantitative estimate of drug-likeness (QED) is 0.359. The molecular weight excluding hydrogens is 506 g/mol. The molecular formula is C29H38F2N4O4. The molecule has 0 aliphatic carbocycles. The van der Waals surface area contributed by atoms with Crippen molar-refractivity contribution in [2.45, 2.75) is 64.8 Å². The van der Waals surface area contributed by atoms with Crippen molar-refractivity contribution in [3.8, 4) is 0 Å². The third-order valence-electron chi connectivity index (χ3n) is 6.85. The number of carbonyl (C=O) groups is 3. The van der Waals surface area contributed by atoms with Gasteiger partial charge in [0.25, 0.3) is 0 Å². The number of piperazine rings is 1. The van der Waals surface area contributed by atoms with E-state index in [0.717, 1.165) is 30.2 Å². The second kappa shape index (κ2) is 14.1. The molecule has 0 bridgehead atoms. The number of nitrogens with one attached hydrogen (secondary N) is 2. The topological polar surface area (TPSA) is 102 Å². The summed E-state index contributed by atoms with van der Waals surface area (Å²) in [5, 5.41) is 16.8. The Hall–Kier alpha value is -3.37. The van der Waals surface area contributed by atoms with Crippen LogP contribution in [0, 0.1) is 11.6 Å². The van der Waals surface area contributed by atoms with E-state index >= 15 is 0 Å². The Bertz CT molecular complexity index is 1140. The molecule has 0 unspecified atom stereocenters. The summed E-state index contributed by atoms with van der Waals surface area (Å²) < 4.78 is 27.6. The Balaban J connectivity index is 1.67. The Labute approximate surface area is 228 Å². The molecule has 212 valence electrons. The number of carbonyl (C=O) groups excluding carboxylic acids is 3. The van der Waals surface area contributed by atoms with Crippen LogP contribution < -0.4 is 10.6 Å². The Morgan fingerprint density at radius 1 is 1.08 bits per heavy atom. The summed E-state index contributed by atoms with van der Waals surface area (Å²) in [6.45, 7) is 6.07. The van der Waals surface area contributed by atoms with Crippen LogP contribution in [0.25, 0.3) is 0 Å². The maximum absolute atomic E-state index is 13.8. The van der Waals surface area contributed by atoms with E-state index in [9.17, 15) is 28.3 Å². The number of aryl methyl sites for hydroxylation is 1. The number of aliphatic hydroxyl groups excluding tert-OH is 1. The van der Waals surface area contributed by atoms with Gasteiger partial charge in [-0.3, -0.25) is 14.4 Å². The normalized spacial score (nSPS) is 17.3. The molecule has 2 aromatic carbocycles. The molecule has 3 atom stereocenters. The summed E-state index contributed by atoms with van der Waals surface area (Å²) in [6.07, 6.45) is 0.465. The lowest BCUT2D eigenvalue weighted by molar-refractivity contribution is -0.156. The minimum Gasteiger partial charge on any atom is -0.390 e. The molecule has 1 fully saturated rings. The molecule has 0 saturated carbocycles. The number of hydrogen-bond acceptors (Lipinski definition) is 5. The van der Waals surface area contributed by atoms with Crippen molar-refractivity contribution >= 4 is 17.7 Å². The Morgan fingerprint density at radius 2 is 1.77 bits per heavy atom. The van der Waals surface area contributed by atoms with E-state index in [2.05, 4.69) is 23.6 Å². The summed E-state index contributed by atoms with van der Waals surface area (Å²) in [7, 11) is 0. The molecule has 3 N–H and O–H groups in total. The van der Waals surface area contributed by atoms with Crippen LogP contribution >= 0.6 is 0 Å². The Morgan fingerprint density at radius 3 is 2.44 bits per heavy atom. The van der Waals surface area contributed by atoms with Crippen LogP contribution in [0.4, 0.5) is 8.78 Å². The van der Waals surface area contributed by atoms with Gasteiger partial charge < -0.3 is 25.5 Å². The monoisotopic (exact) mass is 544 g/mol. The van der Waals surface area contributed by atoms with E-state index in [4.69, 9.17) is 0 Å². The maximum atomic E-state index is 13.8. The number of halogens is 2. The fourth-order valence-electron chi connectivity index (χ4n) is 4.80. The minimum atomic E-state index is -1.10. The van der Waals surface area contributed by atoms with E-state index in [1.54, 1.807) is 6.92 Å². The van der Waals surface area contributed by atoms with Gasteiger partial charge in [0, 0.05) is 25.7 Å². The molecule has 39 heavy (non-hydrogen) atoms. The second-order valence-corrected chi connectivity index (χ2v) is 9.98. The molecule has 1 heterocycles. The van der Waals surface area contributed by atoms with Crippen LogP contribution in [-0.2, 0) is 33.8 Å². The molecule has 0 aromatic heterocycles. The molecule has 10 heteroatoms. The van der Waals surface area contributed by atoms with Gasteiger partial charge in [-0.2, -0.15) is 0 Å². The van der Waals surface area contributed by atoms with Gasteiger partial charge in [-0.25, -0.2) is 8.78 Å². The number of aliphatic hydroxyl groups is 1. The highest BCUT2D eigenvalue weighted by atomic mass is 19.1. The van der Waals surface area contributed by atoms with Gasteiger partial charge in [0.05, 0.1) is 12.1 Å². The minimum absolute atomic E-state index is 0.0395. The maximum Gasteiger partial charge on any atom is 0.246 e. The van der Waals surface area contributed by atoms with E-state index in [1.807, 2.05) is 25.1 Å². The molecule has 0 radical (unpaired) electrons. The zero-order valence-corrected chi connectivity index (χ0v) is 22.8. The summed E-state index contributed by atoms with van der Waals surface area (Å²) >= 11 is 0. The lowest BCUT2D eigenvalue weighted by atomic mass is 10.0. The van der Waals surface area contributed by atoms with Crippen molar-refractivity contribution in [1.82, 2.24) is 20.4 Å². The summed E-state index contributed by atoms with van der Waals surface area (Å²) in [5.74, 6) is -2.68. The lowest BCUT2D eigenvalue weighted by Crippen LogP contribution is -2.61. The highest BCUT2D eigenvalue weighted by Gasteiger charge is 2.37. The number of benzene rings is 2. The molecule has 1 aliphatic heterocycles. The van der Waals surface area contributed by atoms with Crippen molar-refractivity contribution in [2.24, 2.45) is 0 Å². The first kappa shape index (κ1) is 30.2. The van der Waals surface area contributed by atoms with Gasteiger partial charge in [0.2, 0.25) is 17.7 Å². The van der Waals surface area contributed by atoms with Gasteiger partial charge in [0.15, 0.2) is 0 Å². The van der Waals surface area contributed by atoms with Crippen LogP contribution in [0.2, 0.25) is 0 Å². The molecule has 1 aliphatic rings. The number of amides is 3. The van der Waals surface area contributed by atoms with Crippen LogP contribution in [0.15, 0.2) is 42.5 Å². The molecule has 3 amide bonds. The largest absolute Gasteiger partial charge is 0.390 e. The standard InChI is InChI=1S/C29H38F2N4O4/c1-4-9-35-19(3)29(39)34(18-28(35)38)17-27(37)33-25(13-22-11-23(30)14-24(31)12-22)26(36)16-32-15-21-8-6-7-20(5-2)10-21/h6-8,10-12,14,19,25-26,32,36H,4-5,9,13,15-18H2,1-3H3,(H,33,37)/t19-,25+,26-/m1/s1. The molecule has 0 spiro atoms. The predicted octanol–water partition coefficient (Wildman–Crippen LogP) is 2.17. The van der Waals surface area contributed by atoms with Crippen molar-refractivity contribution in [3.63, 3.8) is 0 Å². The van der Waals surface area contributed by atoms with Crippen LogP contribution in [0.3, 0.4) is 0 Å². The first-order valence-corrected chi connectivity index (χ1v) is 13.4. The van der Waals surface area contributed by atoms with E-state index in [0.29, 0.717) is 19.5 Å². The lowest BCUT2D eigenvalue weighted by Gasteiger charge is -2.38. The zero-order chi connectivity index (χ0) is 28.5. The smallest absolute Gasteiger partial charge is 0.246 e. The Kier molecular flexibility index (Phi) is 10.9. The van der Waals surface area contributed by atoms with Crippen molar-refractivity contribution in [1.29, 1.82) is 0 Å². The van der Waals surface area contributed by atoms with Crippen LogP contribution in [0.5, 0.6) is 0 Å². The van der Waals surface area contributed by atoms with Gasteiger partial charge in [-0.1, -0.05) is 38.1 Å².